The number of rotatable bonds is 3. The summed E-state index contributed by atoms with van der Waals surface area (Å²) in [6, 6.07) is 0. The second-order valence-electron chi connectivity index (χ2n) is 5.08. The van der Waals surface area contributed by atoms with Gasteiger partial charge >= 0.3 is 0 Å². The monoisotopic (exact) mass is 283 g/mol. The van der Waals surface area contributed by atoms with Crippen LogP contribution in [-0.2, 0) is 0 Å². The lowest BCUT2D eigenvalue weighted by molar-refractivity contribution is 0.00521. The van der Waals surface area contributed by atoms with Gasteiger partial charge in [0.2, 0.25) is 0 Å². The van der Waals surface area contributed by atoms with Gasteiger partial charge < -0.3 is 10.4 Å². The average Bonchev–Trinajstić information content (AvgIpc) is 2.40. The Kier molecular flexibility index (Phi) is 4.37. The predicted octanol–water partition coefficient (Wildman–Crippen LogP) is 1.86. The lowest BCUT2D eigenvalue weighted by Crippen LogP contribution is -2.44. The molecule has 5 nitrogen and oxygen atoms in total. The maximum atomic E-state index is 12.0. The molecule has 1 aromatic rings. The van der Waals surface area contributed by atoms with E-state index in [1.165, 1.54) is 6.20 Å². The standard InChI is InChI=1S/C13H18ClN3O2/c1-9-15-7-10(14)11(17-9)12(18)16-8-13(19)5-3-2-4-6-13/h7,19H,2-6,8H2,1H3,(H,16,18). The Bertz CT molecular complexity index is 473. The molecule has 0 atom stereocenters. The van der Waals surface area contributed by atoms with Gasteiger partial charge in [-0.25, -0.2) is 9.97 Å². The normalized spacial score (nSPS) is 18.1. The summed E-state index contributed by atoms with van der Waals surface area (Å²) in [7, 11) is 0. The van der Waals surface area contributed by atoms with Gasteiger partial charge in [0, 0.05) is 6.54 Å². The topological polar surface area (TPSA) is 75.1 Å². The SMILES string of the molecule is Cc1ncc(Cl)c(C(=O)NCC2(O)CCCCC2)n1. The van der Waals surface area contributed by atoms with Crippen molar-refractivity contribution >= 4 is 17.5 Å². The van der Waals surface area contributed by atoms with Crippen LogP contribution in [0.25, 0.3) is 0 Å². The first kappa shape index (κ1) is 14.2. The van der Waals surface area contributed by atoms with Gasteiger partial charge in [-0.2, -0.15) is 0 Å². The van der Waals surface area contributed by atoms with Gasteiger partial charge in [-0.05, 0) is 19.8 Å². The molecule has 1 heterocycles. The molecule has 1 aromatic heterocycles. The van der Waals surface area contributed by atoms with Crippen molar-refractivity contribution in [2.75, 3.05) is 6.54 Å². The van der Waals surface area contributed by atoms with E-state index in [-0.39, 0.29) is 23.2 Å². The molecule has 0 saturated heterocycles. The molecule has 0 aliphatic heterocycles. The molecule has 6 heteroatoms. The lowest BCUT2D eigenvalue weighted by atomic mass is 9.85. The van der Waals surface area contributed by atoms with Gasteiger partial charge in [0.25, 0.3) is 5.91 Å². The molecule has 0 spiro atoms. The number of nitrogens with zero attached hydrogens (tertiary/aromatic N) is 2. The van der Waals surface area contributed by atoms with E-state index in [0.29, 0.717) is 5.82 Å². The number of carbonyl (C=O) groups excluding carboxylic acids is 1. The summed E-state index contributed by atoms with van der Waals surface area (Å²) in [6.07, 6.45) is 6.01. The Hall–Kier alpha value is -1.20. The van der Waals surface area contributed by atoms with E-state index in [1.54, 1.807) is 6.92 Å². The van der Waals surface area contributed by atoms with Crippen LogP contribution in [0.1, 0.15) is 48.4 Å². The van der Waals surface area contributed by atoms with Crippen molar-refractivity contribution in [3.63, 3.8) is 0 Å². The van der Waals surface area contributed by atoms with Crippen molar-refractivity contribution in [2.45, 2.75) is 44.6 Å². The third kappa shape index (κ3) is 3.64. The zero-order valence-corrected chi connectivity index (χ0v) is 11.7. The van der Waals surface area contributed by atoms with Gasteiger partial charge in [0.05, 0.1) is 16.8 Å². The van der Waals surface area contributed by atoms with Gasteiger partial charge in [0.15, 0.2) is 0 Å². The zero-order valence-electron chi connectivity index (χ0n) is 10.9. The number of aromatic nitrogens is 2. The lowest BCUT2D eigenvalue weighted by Gasteiger charge is -2.32. The van der Waals surface area contributed by atoms with E-state index in [2.05, 4.69) is 15.3 Å². The van der Waals surface area contributed by atoms with Gasteiger partial charge in [-0.15, -0.1) is 0 Å². The molecule has 0 aromatic carbocycles. The van der Waals surface area contributed by atoms with Crippen LogP contribution in [0.3, 0.4) is 0 Å². The van der Waals surface area contributed by atoms with Crippen LogP contribution in [0.15, 0.2) is 6.20 Å². The maximum Gasteiger partial charge on any atom is 0.271 e. The fraction of sp³-hybridized carbons (Fsp3) is 0.615. The first-order valence-electron chi connectivity index (χ1n) is 6.50. The zero-order chi connectivity index (χ0) is 13.9. The molecule has 0 bridgehead atoms. The van der Waals surface area contributed by atoms with Crippen LogP contribution in [-0.4, -0.2) is 33.1 Å². The summed E-state index contributed by atoms with van der Waals surface area (Å²) < 4.78 is 0. The van der Waals surface area contributed by atoms with E-state index in [9.17, 15) is 9.90 Å². The molecule has 0 unspecified atom stereocenters. The summed E-state index contributed by atoms with van der Waals surface area (Å²) in [4.78, 5) is 19.9. The van der Waals surface area contributed by atoms with Crippen molar-refractivity contribution in [3.05, 3.63) is 22.7 Å². The molecule has 2 N–H and O–H groups in total. The minimum atomic E-state index is -0.789. The molecule has 1 aliphatic rings. The number of hydrogen-bond acceptors (Lipinski definition) is 4. The van der Waals surface area contributed by atoms with E-state index in [0.717, 1.165) is 32.1 Å². The summed E-state index contributed by atoms with van der Waals surface area (Å²) in [5.74, 6) is 0.125. The second-order valence-corrected chi connectivity index (χ2v) is 5.49. The van der Waals surface area contributed by atoms with Crippen molar-refractivity contribution in [2.24, 2.45) is 0 Å². The van der Waals surface area contributed by atoms with Crippen molar-refractivity contribution in [1.29, 1.82) is 0 Å². The number of carbonyl (C=O) groups is 1. The number of aliphatic hydroxyl groups is 1. The van der Waals surface area contributed by atoms with Crippen molar-refractivity contribution in [3.8, 4) is 0 Å². The molecule has 1 aliphatic carbocycles. The minimum Gasteiger partial charge on any atom is -0.388 e. The van der Waals surface area contributed by atoms with Crippen LogP contribution in [0.5, 0.6) is 0 Å². The van der Waals surface area contributed by atoms with E-state index in [1.807, 2.05) is 0 Å². The summed E-state index contributed by atoms with van der Waals surface area (Å²) in [5.41, 5.74) is -0.629. The van der Waals surface area contributed by atoms with Crippen LogP contribution >= 0.6 is 11.6 Å². The van der Waals surface area contributed by atoms with Gasteiger partial charge in [-0.1, -0.05) is 30.9 Å². The third-order valence-electron chi connectivity index (χ3n) is 3.44. The average molecular weight is 284 g/mol. The highest BCUT2D eigenvalue weighted by Gasteiger charge is 2.30. The maximum absolute atomic E-state index is 12.0. The number of halogens is 1. The number of nitrogens with one attached hydrogen (secondary N) is 1. The Labute approximate surface area is 117 Å². The van der Waals surface area contributed by atoms with E-state index >= 15 is 0 Å². The summed E-state index contributed by atoms with van der Waals surface area (Å²) in [6.45, 7) is 1.94. The van der Waals surface area contributed by atoms with E-state index < -0.39 is 5.60 Å². The highest BCUT2D eigenvalue weighted by molar-refractivity contribution is 6.33. The van der Waals surface area contributed by atoms with Crippen LogP contribution in [0.2, 0.25) is 5.02 Å². The van der Waals surface area contributed by atoms with Gasteiger partial charge in [0.1, 0.15) is 11.5 Å². The minimum absolute atomic E-state index is 0.161. The molecule has 1 saturated carbocycles. The Morgan fingerprint density at radius 1 is 1.47 bits per heavy atom. The van der Waals surface area contributed by atoms with Gasteiger partial charge in [-0.3, -0.25) is 4.79 Å². The summed E-state index contributed by atoms with van der Waals surface area (Å²) in [5, 5.41) is 13.2. The van der Waals surface area contributed by atoms with Crippen LogP contribution < -0.4 is 5.32 Å². The molecule has 1 amide bonds. The molecular weight excluding hydrogens is 266 g/mol. The largest absolute Gasteiger partial charge is 0.388 e. The highest BCUT2D eigenvalue weighted by atomic mass is 35.5. The highest BCUT2D eigenvalue weighted by Crippen LogP contribution is 2.27. The smallest absolute Gasteiger partial charge is 0.271 e. The Morgan fingerprint density at radius 2 is 2.16 bits per heavy atom. The van der Waals surface area contributed by atoms with Crippen molar-refractivity contribution < 1.29 is 9.90 Å². The van der Waals surface area contributed by atoms with E-state index in [4.69, 9.17) is 11.6 Å². The number of amides is 1. The molecule has 2 rings (SSSR count). The fourth-order valence-electron chi connectivity index (χ4n) is 2.33. The number of aryl methyl sites for hydroxylation is 1. The summed E-state index contributed by atoms with van der Waals surface area (Å²) >= 11 is 5.90. The fourth-order valence-corrected chi connectivity index (χ4v) is 2.51. The molecule has 0 radical (unpaired) electrons. The first-order valence-corrected chi connectivity index (χ1v) is 6.88. The molecular formula is C13H18ClN3O2. The van der Waals surface area contributed by atoms with Crippen molar-refractivity contribution in [1.82, 2.24) is 15.3 Å². The molecule has 19 heavy (non-hydrogen) atoms. The van der Waals surface area contributed by atoms with Crippen LogP contribution in [0.4, 0.5) is 0 Å². The first-order chi connectivity index (χ1) is 9.00. The molecule has 1 fully saturated rings. The third-order valence-corrected chi connectivity index (χ3v) is 3.72. The Balaban J connectivity index is 1.99. The van der Waals surface area contributed by atoms with Crippen LogP contribution in [0, 0.1) is 6.92 Å². The predicted molar refractivity (Wildman–Crippen MR) is 72.1 cm³/mol. The Morgan fingerprint density at radius 3 is 2.84 bits per heavy atom. The second kappa shape index (κ2) is 5.84. The quantitative estimate of drug-likeness (QED) is 0.888. The molecule has 104 valence electrons. The number of hydrogen-bond donors (Lipinski definition) is 2.